The highest BCUT2D eigenvalue weighted by molar-refractivity contribution is 6.17. The summed E-state index contributed by atoms with van der Waals surface area (Å²) < 4.78 is 63.1. The van der Waals surface area contributed by atoms with E-state index in [0.29, 0.717) is 23.6 Å². The molecule has 40 heavy (non-hydrogen) atoms. The standard InChI is InChI=1S/C29H39ClF3NO6/c1-18-5-8-20(9-6-18)27(35)34(21(16-37-2)17-38-3)25-11-10-22(14-23(25)28(36)39-4)40-26-12-7-19(15-30)13-24(26)29(31,32)33/h7,12-13,18,20-22H,5-6,8-11,14-17H2,1-4H3. The van der Waals surface area contributed by atoms with Gasteiger partial charge >= 0.3 is 12.1 Å². The predicted molar refractivity (Wildman–Crippen MR) is 144 cm³/mol. The van der Waals surface area contributed by atoms with E-state index in [9.17, 15) is 22.8 Å². The van der Waals surface area contributed by atoms with Crippen LogP contribution in [0.15, 0.2) is 29.5 Å². The molecular formula is C29H39ClF3NO6. The Morgan fingerprint density at radius 1 is 1.05 bits per heavy atom. The number of hydrogen-bond donors (Lipinski definition) is 0. The molecule has 1 unspecified atom stereocenters. The second kappa shape index (κ2) is 14.5. The first-order chi connectivity index (χ1) is 19.0. The van der Waals surface area contributed by atoms with E-state index < -0.39 is 29.9 Å². The first kappa shape index (κ1) is 32.2. The molecule has 0 N–H and O–H groups in total. The van der Waals surface area contributed by atoms with Crippen LogP contribution in [0.4, 0.5) is 13.2 Å². The summed E-state index contributed by atoms with van der Waals surface area (Å²) in [7, 11) is 4.30. The third kappa shape index (κ3) is 7.91. The first-order valence-electron chi connectivity index (χ1n) is 13.6. The van der Waals surface area contributed by atoms with Crippen LogP contribution in [0.25, 0.3) is 0 Å². The van der Waals surface area contributed by atoms with Crippen LogP contribution in [-0.4, -0.2) is 63.5 Å². The highest BCUT2D eigenvalue weighted by Crippen LogP contribution is 2.40. The van der Waals surface area contributed by atoms with Crippen molar-refractivity contribution in [3.8, 4) is 5.75 Å². The maximum Gasteiger partial charge on any atom is 0.419 e. The predicted octanol–water partition coefficient (Wildman–Crippen LogP) is 6.12. The molecule has 1 atom stereocenters. The van der Waals surface area contributed by atoms with E-state index in [2.05, 4.69) is 6.92 Å². The van der Waals surface area contributed by atoms with Gasteiger partial charge in [-0.3, -0.25) is 4.79 Å². The molecule has 0 heterocycles. The van der Waals surface area contributed by atoms with Gasteiger partial charge in [0, 0.05) is 38.1 Å². The monoisotopic (exact) mass is 589 g/mol. The summed E-state index contributed by atoms with van der Waals surface area (Å²) >= 11 is 5.75. The third-order valence-corrected chi connectivity index (χ3v) is 8.00. The molecule has 1 saturated carbocycles. The number of amides is 1. The lowest BCUT2D eigenvalue weighted by Gasteiger charge is -2.40. The third-order valence-electron chi connectivity index (χ3n) is 7.69. The van der Waals surface area contributed by atoms with Crippen molar-refractivity contribution in [2.45, 2.75) is 76.1 Å². The van der Waals surface area contributed by atoms with E-state index in [-0.39, 0.29) is 55.1 Å². The molecule has 7 nitrogen and oxygen atoms in total. The number of allylic oxidation sites excluding steroid dienone is 1. The summed E-state index contributed by atoms with van der Waals surface area (Å²) in [4.78, 5) is 28.7. The number of carbonyl (C=O) groups is 2. The topological polar surface area (TPSA) is 74.3 Å². The molecule has 224 valence electrons. The fourth-order valence-electron chi connectivity index (χ4n) is 5.57. The maximum absolute atomic E-state index is 14.0. The van der Waals surface area contributed by atoms with Crippen LogP contribution in [0.2, 0.25) is 0 Å². The van der Waals surface area contributed by atoms with E-state index in [0.717, 1.165) is 31.7 Å². The average Bonchev–Trinajstić information content (AvgIpc) is 2.93. The minimum Gasteiger partial charge on any atom is -0.489 e. The number of nitrogens with zero attached hydrogens (tertiary/aromatic N) is 1. The van der Waals surface area contributed by atoms with Crippen LogP contribution in [0.1, 0.15) is 63.0 Å². The van der Waals surface area contributed by atoms with Crippen molar-refractivity contribution in [2.24, 2.45) is 11.8 Å². The number of ether oxygens (including phenoxy) is 4. The summed E-state index contributed by atoms with van der Waals surface area (Å²) in [6.45, 7) is 2.54. The molecule has 2 aliphatic rings. The van der Waals surface area contributed by atoms with Crippen LogP contribution in [0.3, 0.4) is 0 Å². The van der Waals surface area contributed by atoms with Gasteiger partial charge in [-0.2, -0.15) is 13.2 Å². The molecule has 0 saturated heterocycles. The lowest BCUT2D eigenvalue weighted by molar-refractivity contribution is -0.142. The Morgan fingerprint density at radius 2 is 1.70 bits per heavy atom. The second-order valence-corrected chi connectivity index (χ2v) is 10.9. The number of benzene rings is 1. The Hall–Kier alpha value is -2.30. The van der Waals surface area contributed by atoms with Crippen molar-refractivity contribution in [2.75, 3.05) is 34.5 Å². The summed E-state index contributed by atoms with van der Waals surface area (Å²) in [6, 6.07) is 3.21. The van der Waals surface area contributed by atoms with Gasteiger partial charge in [-0.25, -0.2) is 4.79 Å². The van der Waals surface area contributed by atoms with Gasteiger partial charge in [0.15, 0.2) is 0 Å². The molecule has 0 bridgehead atoms. The van der Waals surface area contributed by atoms with Crippen molar-refractivity contribution in [1.82, 2.24) is 4.90 Å². The van der Waals surface area contributed by atoms with Gasteiger partial charge in [-0.05, 0) is 62.1 Å². The average molecular weight is 590 g/mol. The number of hydrogen-bond acceptors (Lipinski definition) is 6. The lowest BCUT2D eigenvalue weighted by atomic mass is 9.81. The molecule has 1 fully saturated rings. The largest absolute Gasteiger partial charge is 0.489 e. The Bertz CT molecular complexity index is 1050. The zero-order valence-electron chi connectivity index (χ0n) is 23.5. The summed E-state index contributed by atoms with van der Waals surface area (Å²) in [6.07, 6.45) is -1.52. The molecule has 2 aliphatic carbocycles. The van der Waals surface area contributed by atoms with Crippen molar-refractivity contribution in [1.29, 1.82) is 0 Å². The van der Waals surface area contributed by atoms with E-state index in [1.54, 1.807) is 4.90 Å². The van der Waals surface area contributed by atoms with Gasteiger partial charge < -0.3 is 23.8 Å². The van der Waals surface area contributed by atoms with Crippen LogP contribution >= 0.6 is 11.6 Å². The van der Waals surface area contributed by atoms with Crippen LogP contribution in [0.5, 0.6) is 5.75 Å². The summed E-state index contributed by atoms with van der Waals surface area (Å²) in [5, 5.41) is 0. The molecule has 1 aromatic carbocycles. The van der Waals surface area contributed by atoms with E-state index >= 15 is 0 Å². The summed E-state index contributed by atoms with van der Waals surface area (Å²) in [5.41, 5.74) is 0.0852. The van der Waals surface area contributed by atoms with Gasteiger partial charge in [0.2, 0.25) is 5.91 Å². The van der Waals surface area contributed by atoms with Crippen LogP contribution in [0, 0.1) is 11.8 Å². The quantitative estimate of drug-likeness (QED) is 0.229. The minimum atomic E-state index is -4.65. The molecule has 0 spiro atoms. The molecule has 0 radical (unpaired) electrons. The minimum absolute atomic E-state index is 0.0191. The Morgan fingerprint density at radius 3 is 2.25 bits per heavy atom. The molecule has 11 heteroatoms. The number of rotatable bonds is 11. The van der Waals surface area contributed by atoms with Crippen molar-refractivity contribution in [3.63, 3.8) is 0 Å². The maximum atomic E-state index is 14.0. The molecule has 0 aromatic heterocycles. The Labute approximate surface area is 238 Å². The highest BCUT2D eigenvalue weighted by Gasteiger charge is 2.40. The van der Waals surface area contributed by atoms with Gasteiger partial charge in [0.25, 0.3) is 0 Å². The normalized spacial score (nSPS) is 21.9. The zero-order chi connectivity index (χ0) is 29.4. The SMILES string of the molecule is COCC(COC)N(C(=O)C1CCC(C)CC1)C1=C(C(=O)OC)CC(Oc2ccc(CCl)cc2C(F)(F)F)CC1. The summed E-state index contributed by atoms with van der Waals surface area (Å²) in [5.74, 6) is -0.816. The van der Waals surface area contributed by atoms with Crippen LogP contribution < -0.4 is 4.74 Å². The van der Waals surface area contributed by atoms with Crippen molar-refractivity contribution in [3.05, 3.63) is 40.6 Å². The van der Waals surface area contributed by atoms with Gasteiger partial charge in [-0.15, -0.1) is 11.6 Å². The second-order valence-electron chi connectivity index (χ2n) is 10.6. The van der Waals surface area contributed by atoms with E-state index in [1.807, 2.05) is 0 Å². The first-order valence-corrected chi connectivity index (χ1v) is 14.1. The molecule has 1 amide bonds. The number of alkyl halides is 4. The fourth-order valence-corrected chi connectivity index (χ4v) is 5.74. The molecule has 0 aliphatic heterocycles. The Balaban J connectivity index is 1.99. The highest BCUT2D eigenvalue weighted by atomic mass is 35.5. The number of methoxy groups -OCH3 is 3. The van der Waals surface area contributed by atoms with Gasteiger partial charge in [0.1, 0.15) is 11.9 Å². The van der Waals surface area contributed by atoms with Gasteiger partial charge in [0.05, 0.1) is 37.5 Å². The smallest absolute Gasteiger partial charge is 0.419 e. The number of esters is 1. The Kier molecular flexibility index (Phi) is 11.7. The van der Waals surface area contributed by atoms with Crippen molar-refractivity contribution >= 4 is 23.5 Å². The molecule has 1 aromatic rings. The zero-order valence-corrected chi connectivity index (χ0v) is 24.3. The van der Waals surface area contributed by atoms with Crippen molar-refractivity contribution < 1.29 is 41.7 Å². The van der Waals surface area contributed by atoms with E-state index in [4.69, 9.17) is 30.5 Å². The van der Waals surface area contributed by atoms with Gasteiger partial charge in [-0.1, -0.05) is 13.0 Å². The lowest BCUT2D eigenvalue weighted by Crippen LogP contribution is -2.49. The van der Waals surface area contributed by atoms with Crippen LogP contribution in [-0.2, 0) is 35.9 Å². The molecular weight excluding hydrogens is 551 g/mol. The fraction of sp³-hybridized carbons (Fsp3) is 0.655. The molecule has 3 rings (SSSR count). The number of carbonyl (C=O) groups excluding carboxylic acids is 2. The van der Waals surface area contributed by atoms with E-state index in [1.165, 1.54) is 33.5 Å². The number of halogens is 4.